The van der Waals surface area contributed by atoms with Crippen LogP contribution in [0.1, 0.15) is 18.9 Å². The van der Waals surface area contributed by atoms with Gasteiger partial charge in [0.05, 0.1) is 6.61 Å². The van der Waals surface area contributed by atoms with Gasteiger partial charge in [0.1, 0.15) is 0 Å². The van der Waals surface area contributed by atoms with E-state index in [1.54, 1.807) is 0 Å². The van der Waals surface area contributed by atoms with Gasteiger partial charge in [-0.3, -0.25) is 0 Å². The number of nitrogens with one attached hydrogen (secondary N) is 1. The summed E-state index contributed by atoms with van der Waals surface area (Å²) in [6.07, 6.45) is 1.05. The van der Waals surface area contributed by atoms with Gasteiger partial charge < -0.3 is 10.1 Å². The van der Waals surface area contributed by atoms with Gasteiger partial charge in [-0.1, -0.05) is 30.3 Å². The zero-order valence-corrected chi connectivity index (χ0v) is 8.42. The largest absolute Gasteiger partial charge is 0.479 e. The van der Waals surface area contributed by atoms with E-state index in [2.05, 4.69) is 24.4 Å². The average molecular weight is 189 g/mol. The standard InChI is InChI=1S/C12H15NO/c1-10-7-8-14-12(10)13-9-11-5-3-2-4-6-11/h2-6,13H,7-9H2,1H3. The first-order valence-electron chi connectivity index (χ1n) is 4.96. The van der Waals surface area contributed by atoms with E-state index in [0.29, 0.717) is 0 Å². The Hall–Kier alpha value is -1.44. The molecule has 74 valence electrons. The van der Waals surface area contributed by atoms with Crippen LogP contribution >= 0.6 is 0 Å². The second kappa shape index (κ2) is 4.18. The van der Waals surface area contributed by atoms with Crippen molar-refractivity contribution in [1.29, 1.82) is 0 Å². The Bertz CT molecular complexity index is 329. The Morgan fingerprint density at radius 3 is 2.71 bits per heavy atom. The maximum Gasteiger partial charge on any atom is 0.185 e. The SMILES string of the molecule is CC1=C(NCc2ccccc2)OCC1. The molecule has 0 bridgehead atoms. The fraction of sp³-hybridized carbons (Fsp3) is 0.333. The molecule has 0 fully saturated rings. The quantitative estimate of drug-likeness (QED) is 0.788. The monoisotopic (exact) mass is 189 g/mol. The minimum atomic E-state index is 0.822. The summed E-state index contributed by atoms with van der Waals surface area (Å²) >= 11 is 0. The molecule has 1 heterocycles. The molecule has 1 aromatic rings. The van der Waals surface area contributed by atoms with Gasteiger partial charge in [-0.05, 0) is 18.1 Å². The summed E-state index contributed by atoms with van der Waals surface area (Å²) in [5.74, 6) is 0.967. The van der Waals surface area contributed by atoms with Crippen molar-refractivity contribution in [2.24, 2.45) is 0 Å². The zero-order chi connectivity index (χ0) is 9.80. The van der Waals surface area contributed by atoms with Crippen molar-refractivity contribution in [2.45, 2.75) is 19.9 Å². The molecule has 0 radical (unpaired) electrons. The molecule has 0 spiro atoms. The first-order valence-corrected chi connectivity index (χ1v) is 4.96. The zero-order valence-electron chi connectivity index (χ0n) is 8.42. The minimum absolute atomic E-state index is 0.822. The normalized spacial score (nSPS) is 15.5. The molecular weight excluding hydrogens is 174 g/mol. The maximum atomic E-state index is 5.46. The predicted octanol–water partition coefficient (Wildman–Crippen LogP) is 2.43. The molecule has 2 rings (SSSR count). The Balaban J connectivity index is 1.92. The number of benzene rings is 1. The molecule has 2 heteroatoms. The van der Waals surface area contributed by atoms with Crippen molar-refractivity contribution >= 4 is 0 Å². The molecular formula is C12H15NO. The summed E-state index contributed by atoms with van der Waals surface area (Å²) in [5.41, 5.74) is 2.60. The van der Waals surface area contributed by atoms with Crippen molar-refractivity contribution in [1.82, 2.24) is 5.32 Å². The van der Waals surface area contributed by atoms with Crippen LogP contribution in [-0.4, -0.2) is 6.61 Å². The lowest BCUT2D eigenvalue weighted by atomic mass is 10.2. The number of rotatable bonds is 3. The van der Waals surface area contributed by atoms with Gasteiger partial charge >= 0.3 is 0 Å². The molecule has 0 saturated heterocycles. The van der Waals surface area contributed by atoms with Gasteiger partial charge in [0.25, 0.3) is 0 Å². The highest BCUT2D eigenvalue weighted by molar-refractivity contribution is 5.16. The molecule has 0 amide bonds. The third-order valence-corrected chi connectivity index (χ3v) is 2.41. The molecule has 1 N–H and O–H groups in total. The highest BCUT2D eigenvalue weighted by atomic mass is 16.5. The molecule has 0 aliphatic carbocycles. The summed E-state index contributed by atoms with van der Waals surface area (Å²) in [7, 11) is 0. The van der Waals surface area contributed by atoms with Crippen LogP contribution in [0, 0.1) is 0 Å². The Morgan fingerprint density at radius 1 is 1.29 bits per heavy atom. The third-order valence-electron chi connectivity index (χ3n) is 2.41. The van der Waals surface area contributed by atoms with Gasteiger partial charge in [-0.25, -0.2) is 0 Å². The average Bonchev–Trinajstić information content (AvgIpc) is 2.63. The van der Waals surface area contributed by atoms with Gasteiger partial charge in [0, 0.05) is 13.0 Å². The molecule has 0 unspecified atom stereocenters. The summed E-state index contributed by atoms with van der Waals surface area (Å²) in [6, 6.07) is 10.3. The van der Waals surface area contributed by atoms with Crippen LogP contribution in [0.5, 0.6) is 0 Å². The van der Waals surface area contributed by atoms with E-state index in [4.69, 9.17) is 4.74 Å². The molecule has 2 nitrogen and oxygen atoms in total. The summed E-state index contributed by atoms with van der Waals surface area (Å²) in [6.45, 7) is 3.77. The minimum Gasteiger partial charge on any atom is -0.479 e. The molecule has 1 aliphatic rings. The van der Waals surface area contributed by atoms with E-state index in [1.807, 2.05) is 18.2 Å². The first-order chi connectivity index (χ1) is 6.86. The molecule has 0 atom stereocenters. The topological polar surface area (TPSA) is 21.3 Å². The van der Waals surface area contributed by atoms with Crippen LogP contribution in [0.2, 0.25) is 0 Å². The lowest BCUT2D eigenvalue weighted by Crippen LogP contribution is -2.13. The van der Waals surface area contributed by atoms with Crippen molar-refractivity contribution in [3.8, 4) is 0 Å². The Morgan fingerprint density at radius 2 is 2.07 bits per heavy atom. The first kappa shape index (κ1) is 9.13. The lowest BCUT2D eigenvalue weighted by Gasteiger charge is -2.08. The van der Waals surface area contributed by atoms with E-state index < -0.39 is 0 Å². The fourth-order valence-corrected chi connectivity index (χ4v) is 1.52. The van der Waals surface area contributed by atoms with E-state index >= 15 is 0 Å². The molecule has 1 aliphatic heterocycles. The summed E-state index contributed by atoms with van der Waals surface area (Å²) in [4.78, 5) is 0. The Kier molecular flexibility index (Phi) is 2.73. The van der Waals surface area contributed by atoms with Crippen LogP contribution in [-0.2, 0) is 11.3 Å². The number of ether oxygens (including phenoxy) is 1. The van der Waals surface area contributed by atoms with Gasteiger partial charge in [0.15, 0.2) is 5.88 Å². The van der Waals surface area contributed by atoms with E-state index in [0.717, 1.165) is 25.5 Å². The highest BCUT2D eigenvalue weighted by Gasteiger charge is 2.10. The molecule has 0 aromatic heterocycles. The van der Waals surface area contributed by atoms with Gasteiger partial charge in [-0.15, -0.1) is 0 Å². The van der Waals surface area contributed by atoms with Gasteiger partial charge in [0.2, 0.25) is 0 Å². The van der Waals surface area contributed by atoms with Crippen LogP contribution in [0.3, 0.4) is 0 Å². The van der Waals surface area contributed by atoms with Crippen LogP contribution in [0.15, 0.2) is 41.8 Å². The second-order valence-electron chi connectivity index (χ2n) is 3.55. The van der Waals surface area contributed by atoms with Crippen LogP contribution < -0.4 is 5.32 Å². The molecule has 14 heavy (non-hydrogen) atoms. The number of hydrogen-bond acceptors (Lipinski definition) is 2. The van der Waals surface area contributed by atoms with Crippen molar-refractivity contribution in [3.63, 3.8) is 0 Å². The fourth-order valence-electron chi connectivity index (χ4n) is 1.52. The predicted molar refractivity (Wildman–Crippen MR) is 56.6 cm³/mol. The van der Waals surface area contributed by atoms with Crippen molar-refractivity contribution in [3.05, 3.63) is 47.4 Å². The van der Waals surface area contributed by atoms with Crippen molar-refractivity contribution < 1.29 is 4.74 Å². The van der Waals surface area contributed by atoms with E-state index in [9.17, 15) is 0 Å². The second-order valence-corrected chi connectivity index (χ2v) is 3.55. The van der Waals surface area contributed by atoms with E-state index in [1.165, 1.54) is 11.1 Å². The number of hydrogen-bond donors (Lipinski definition) is 1. The maximum absolute atomic E-state index is 5.46. The van der Waals surface area contributed by atoms with Crippen LogP contribution in [0.25, 0.3) is 0 Å². The smallest absolute Gasteiger partial charge is 0.185 e. The van der Waals surface area contributed by atoms with Crippen LogP contribution in [0.4, 0.5) is 0 Å². The Labute approximate surface area is 84.6 Å². The third kappa shape index (κ3) is 2.08. The molecule has 0 saturated carbocycles. The summed E-state index contributed by atoms with van der Waals surface area (Å²) in [5, 5.41) is 3.31. The molecule has 1 aromatic carbocycles. The highest BCUT2D eigenvalue weighted by Crippen LogP contribution is 2.16. The van der Waals surface area contributed by atoms with Crippen molar-refractivity contribution in [2.75, 3.05) is 6.61 Å². The van der Waals surface area contributed by atoms with E-state index in [-0.39, 0.29) is 0 Å². The lowest BCUT2D eigenvalue weighted by molar-refractivity contribution is 0.221. The summed E-state index contributed by atoms with van der Waals surface area (Å²) < 4.78 is 5.46. The van der Waals surface area contributed by atoms with Gasteiger partial charge in [-0.2, -0.15) is 0 Å².